The number of rotatable bonds is 5. The minimum atomic E-state index is 0.656. The molecule has 2 saturated heterocycles. The quantitative estimate of drug-likeness (QED) is 0.627. The zero-order chi connectivity index (χ0) is 18.2. The van der Waals surface area contributed by atoms with Crippen molar-refractivity contribution in [1.82, 2.24) is 15.2 Å². The third-order valence-electron chi connectivity index (χ3n) is 4.81. The summed E-state index contributed by atoms with van der Waals surface area (Å²) in [5.41, 5.74) is 1.18. The molecule has 2 aliphatic heterocycles. The fourth-order valence-electron chi connectivity index (χ4n) is 3.36. The highest BCUT2D eigenvalue weighted by Crippen LogP contribution is 2.22. The van der Waals surface area contributed by atoms with Gasteiger partial charge in [-0.05, 0) is 19.4 Å². The molecule has 0 radical (unpaired) electrons. The molecule has 1 N–H and O–H groups in total. The van der Waals surface area contributed by atoms with E-state index in [0.717, 1.165) is 57.7 Å². The Hall–Kier alpha value is -1.47. The van der Waals surface area contributed by atoms with Crippen LogP contribution in [0.15, 0.2) is 23.3 Å². The van der Waals surface area contributed by atoms with Crippen LogP contribution in [0.5, 0.6) is 0 Å². The van der Waals surface area contributed by atoms with Gasteiger partial charge in [0.25, 0.3) is 0 Å². The number of nitrogens with zero attached hydrogens (tertiary/aromatic N) is 4. The summed E-state index contributed by atoms with van der Waals surface area (Å²) >= 11 is 2.09. The van der Waals surface area contributed by atoms with Gasteiger partial charge >= 0.3 is 0 Å². The molecule has 0 amide bonds. The number of morpholine rings is 1. The van der Waals surface area contributed by atoms with Crippen molar-refractivity contribution in [2.75, 3.05) is 56.6 Å². The molecule has 1 unspecified atom stereocenters. The van der Waals surface area contributed by atoms with E-state index in [9.17, 15) is 0 Å². The van der Waals surface area contributed by atoms with E-state index in [1.165, 1.54) is 17.7 Å². The Morgan fingerprint density at radius 2 is 2.19 bits per heavy atom. The largest absolute Gasteiger partial charge is 0.378 e. The van der Waals surface area contributed by atoms with Crippen LogP contribution in [0.1, 0.15) is 25.8 Å². The van der Waals surface area contributed by atoms with Gasteiger partial charge in [-0.1, -0.05) is 13.0 Å². The van der Waals surface area contributed by atoms with E-state index in [1.807, 2.05) is 12.3 Å². The molecule has 3 rings (SSSR count). The van der Waals surface area contributed by atoms with Gasteiger partial charge in [0, 0.05) is 55.5 Å². The lowest BCUT2D eigenvalue weighted by atomic mass is 10.2. The molecule has 0 bridgehead atoms. The Morgan fingerprint density at radius 1 is 1.35 bits per heavy atom. The Morgan fingerprint density at radius 3 is 2.96 bits per heavy atom. The SMILES string of the molecule is CCNC(=NCc1cccnc1N1CCOCC1)N1CCSC(CC)C1. The second-order valence-corrected chi connectivity index (χ2v) is 8.01. The van der Waals surface area contributed by atoms with Crippen molar-refractivity contribution in [2.45, 2.75) is 32.1 Å². The number of pyridine rings is 1. The molecule has 0 aliphatic carbocycles. The average molecular weight is 378 g/mol. The monoisotopic (exact) mass is 377 g/mol. The van der Waals surface area contributed by atoms with Crippen LogP contribution in [-0.2, 0) is 11.3 Å². The highest BCUT2D eigenvalue weighted by atomic mass is 32.2. The van der Waals surface area contributed by atoms with E-state index in [1.54, 1.807) is 0 Å². The fraction of sp³-hybridized carbons (Fsp3) is 0.684. The molecule has 2 fully saturated rings. The first-order chi connectivity index (χ1) is 12.8. The third-order valence-corrected chi connectivity index (χ3v) is 6.18. The fourth-order valence-corrected chi connectivity index (χ4v) is 4.54. The molecule has 26 heavy (non-hydrogen) atoms. The maximum absolute atomic E-state index is 5.48. The predicted molar refractivity (Wildman–Crippen MR) is 110 cm³/mol. The zero-order valence-corrected chi connectivity index (χ0v) is 16.8. The second kappa shape index (κ2) is 10.0. The Kier molecular flexibility index (Phi) is 7.43. The number of ether oxygens (including phenoxy) is 1. The summed E-state index contributed by atoms with van der Waals surface area (Å²) in [6, 6.07) is 4.15. The molecule has 0 spiro atoms. The molecular weight excluding hydrogens is 346 g/mol. The van der Waals surface area contributed by atoms with Crippen molar-refractivity contribution in [2.24, 2.45) is 4.99 Å². The van der Waals surface area contributed by atoms with E-state index in [4.69, 9.17) is 9.73 Å². The van der Waals surface area contributed by atoms with Gasteiger partial charge in [-0.25, -0.2) is 9.98 Å². The van der Waals surface area contributed by atoms with Gasteiger partial charge in [0.15, 0.2) is 5.96 Å². The Labute approximate surface area is 161 Å². The summed E-state index contributed by atoms with van der Waals surface area (Å²) in [7, 11) is 0. The number of hydrogen-bond acceptors (Lipinski definition) is 5. The molecule has 3 heterocycles. The van der Waals surface area contributed by atoms with Crippen molar-refractivity contribution in [3.05, 3.63) is 23.9 Å². The normalized spacial score (nSPS) is 21.8. The molecule has 1 aromatic heterocycles. The van der Waals surface area contributed by atoms with Gasteiger partial charge in [-0.2, -0.15) is 11.8 Å². The van der Waals surface area contributed by atoms with Crippen LogP contribution < -0.4 is 10.2 Å². The number of guanidine groups is 1. The van der Waals surface area contributed by atoms with Gasteiger partial charge in [0.2, 0.25) is 0 Å². The number of aliphatic imine (C=N–C) groups is 1. The van der Waals surface area contributed by atoms with E-state index < -0.39 is 0 Å². The summed E-state index contributed by atoms with van der Waals surface area (Å²) in [5.74, 6) is 3.26. The zero-order valence-electron chi connectivity index (χ0n) is 16.0. The van der Waals surface area contributed by atoms with E-state index in [0.29, 0.717) is 11.8 Å². The highest BCUT2D eigenvalue weighted by Gasteiger charge is 2.22. The van der Waals surface area contributed by atoms with Crippen LogP contribution in [0.2, 0.25) is 0 Å². The van der Waals surface area contributed by atoms with Gasteiger partial charge in [-0.15, -0.1) is 0 Å². The summed E-state index contributed by atoms with van der Waals surface area (Å²) in [4.78, 5) is 14.3. The molecule has 6 nitrogen and oxygen atoms in total. The number of nitrogens with one attached hydrogen (secondary N) is 1. The minimum absolute atomic E-state index is 0.656. The first kappa shape index (κ1) is 19.3. The van der Waals surface area contributed by atoms with Crippen LogP contribution in [0.25, 0.3) is 0 Å². The molecule has 1 atom stereocenters. The van der Waals surface area contributed by atoms with E-state index >= 15 is 0 Å². The molecular formula is C19H31N5OS. The second-order valence-electron chi connectivity index (χ2n) is 6.60. The first-order valence-corrected chi connectivity index (χ1v) is 10.8. The van der Waals surface area contributed by atoms with Crippen molar-refractivity contribution in [3.8, 4) is 0 Å². The molecule has 0 saturated carbocycles. The van der Waals surface area contributed by atoms with Crippen molar-refractivity contribution in [1.29, 1.82) is 0 Å². The number of aromatic nitrogens is 1. The van der Waals surface area contributed by atoms with E-state index in [2.05, 4.69) is 51.8 Å². The van der Waals surface area contributed by atoms with Crippen LogP contribution in [0.4, 0.5) is 5.82 Å². The molecule has 144 valence electrons. The number of anilines is 1. The van der Waals surface area contributed by atoms with Crippen LogP contribution in [-0.4, -0.2) is 72.8 Å². The van der Waals surface area contributed by atoms with Crippen LogP contribution in [0.3, 0.4) is 0 Å². The molecule has 0 aromatic carbocycles. The van der Waals surface area contributed by atoms with E-state index in [-0.39, 0.29) is 0 Å². The summed E-state index contributed by atoms with van der Waals surface area (Å²) in [5, 5.41) is 4.18. The Balaban J connectivity index is 1.73. The lowest BCUT2D eigenvalue weighted by Crippen LogP contribution is -2.48. The lowest BCUT2D eigenvalue weighted by molar-refractivity contribution is 0.122. The molecule has 2 aliphatic rings. The molecule has 7 heteroatoms. The average Bonchev–Trinajstić information content (AvgIpc) is 2.72. The minimum Gasteiger partial charge on any atom is -0.378 e. The van der Waals surface area contributed by atoms with Crippen LogP contribution >= 0.6 is 11.8 Å². The van der Waals surface area contributed by atoms with Gasteiger partial charge in [0.1, 0.15) is 5.82 Å². The van der Waals surface area contributed by atoms with Gasteiger partial charge in [0.05, 0.1) is 19.8 Å². The van der Waals surface area contributed by atoms with Gasteiger partial charge < -0.3 is 19.9 Å². The standard InChI is InChI=1S/C19H31N5OS/c1-3-17-15-24(10-13-26-17)19(20-4-2)22-14-16-6-5-7-21-18(16)23-8-11-25-12-9-23/h5-7,17H,3-4,8-15H2,1-2H3,(H,20,22). The lowest BCUT2D eigenvalue weighted by Gasteiger charge is -2.34. The maximum Gasteiger partial charge on any atom is 0.194 e. The molecule has 1 aromatic rings. The maximum atomic E-state index is 5.48. The predicted octanol–water partition coefficient (Wildman–Crippen LogP) is 2.21. The topological polar surface area (TPSA) is 53.0 Å². The summed E-state index contributed by atoms with van der Waals surface area (Å²) in [6.07, 6.45) is 3.08. The van der Waals surface area contributed by atoms with Crippen molar-refractivity contribution in [3.63, 3.8) is 0 Å². The summed E-state index contributed by atoms with van der Waals surface area (Å²) in [6.45, 7) is 11.4. The number of thioether (sulfide) groups is 1. The van der Waals surface area contributed by atoms with Crippen LogP contribution in [0, 0.1) is 0 Å². The highest BCUT2D eigenvalue weighted by molar-refractivity contribution is 8.00. The number of hydrogen-bond donors (Lipinski definition) is 1. The summed E-state index contributed by atoms with van der Waals surface area (Å²) < 4.78 is 5.48. The van der Waals surface area contributed by atoms with Crippen molar-refractivity contribution >= 4 is 23.5 Å². The first-order valence-electron chi connectivity index (χ1n) is 9.73. The third kappa shape index (κ3) is 5.04. The Bertz CT molecular complexity index is 591. The van der Waals surface area contributed by atoms with Gasteiger partial charge in [-0.3, -0.25) is 0 Å². The smallest absolute Gasteiger partial charge is 0.194 e. The van der Waals surface area contributed by atoms with Crippen molar-refractivity contribution < 1.29 is 4.74 Å².